The molecule has 1 aromatic carbocycles. The molecule has 1 heterocycles. The Kier molecular flexibility index (Phi) is 7.26. The van der Waals surface area contributed by atoms with E-state index >= 15 is 0 Å². The van der Waals surface area contributed by atoms with Gasteiger partial charge in [-0.2, -0.15) is 0 Å². The molecule has 0 bridgehead atoms. The fourth-order valence-corrected chi connectivity index (χ4v) is 2.62. The lowest BCUT2D eigenvalue weighted by molar-refractivity contribution is -0.140. The number of halogens is 2. The summed E-state index contributed by atoms with van der Waals surface area (Å²) >= 11 is 0. The molecule has 2 N–H and O–H groups in total. The van der Waals surface area contributed by atoms with Gasteiger partial charge in [0.25, 0.3) is 0 Å². The van der Waals surface area contributed by atoms with Gasteiger partial charge in [0.15, 0.2) is 0 Å². The molecule has 124 valence electrons. The molecule has 1 aromatic rings. The number of benzene rings is 1. The number of amides is 1. The topological polar surface area (TPSA) is 55.6 Å². The average Bonchev–Trinajstić information content (AvgIpc) is 2.46. The zero-order valence-electron chi connectivity index (χ0n) is 13.0. The molecule has 0 radical (unpaired) electrons. The third-order valence-corrected chi connectivity index (χ3v) is 3.67. The first kappa shape index (κ1) is 18.9. The highest BCUT2D eigenvalue weighted by Gasteiger charge is 2.29. The zero-order valence-corrected chi connectivity index (χ0v) is 13.8. The molecule has 0 aromatic heterocycles. The Labute approximate surface area is 137 Å². The van der Waals surface area contributed by atoms with Crippen molar-refractivity contribution in [3.8, 4) is 0 Å². The molecule has 22 heavy (non-hydrogen) atoms. The van der Waals surface area contributed by atoms with Crippen LogP contribution >= 0.6 is 12.4 Å². The summed E-state index contributed by atoms with van der Waals surface area (Å²) < 4.78 is 19.4. The lowest BCUT2D eigenvalue weighted by Gasteiger charge is -2.35. The van der Waals surface area contributed by atoms with Crippen molar-refractivity contribution in [3.05, 3.63) is 35.6 Å². The second-order valence-corrected chi connectivity index (χ2v) is 5.90. The summed E-state index contributed by atoms with van der Waals surface area (Å²) in [6.07, 6.45) is 0.232. The summed E-state index contributed by atoms with van der Waals surface area (Å²) in [5.74, 6) is -0.0102. The molecule has 1 fully saturated rings. The van der Waals surface area contributed by atoms with Gasteiger partial charge in [0.05, 0.1) is 19.2 Å². The molecule has 1 amide bonds. The van der Waals surface area contributed by atoms with Gasteiger partial charge >= 0.3 is 0 Å². The fraction of sp³-hybridized carbons (Fsp3) is 0.562. The van der Waals surface area contributed by atoms with Crippen molar-refractivity contribution in [2.75, 3.05) is 19.7 Å². The van der Waals surface area contributed by atoms with Crippen LogP contribution in [0.1, 0.15) is 31.9 Å². The predicted octanol–water partition coefficient (Wildman–Crippen LogP) is 2.52. The van der Waals surface area contributed by atoms with Gasteiger partial charge in [-0.25, -0.2) is 4.39 Å². The van der Waals surface area contributed by atoms with Gasteiger partial charge in [-0.3, -0.25) is 4.79 Å². The van der Waals surface area contributed by atoms with Crippen LogP contribution in [0.25, 0.3) is 0 Å². The van der Waals surface area contributed by atoms with Crippen molar-refractivity contribution in [2.24, 2.45) is 11.7 Å². The van der Waals surface area contributed by atoms with E-state index in [0.717, 1.165) is 0 Å². The van der Waals surface area contributed by atoms with Gasteiger partial charge in [-0.05, 0) is 18.4 Å². The molecule has 1 saturated heterocycles. The van der Waals surface area contributed by atoms with Crippen LogP contribution in [-0.4, -0.2) is 36.5 Å². The Bertz CT molecular complexity index is 499. The quantitative estimate of drug-likeness (QED) is 0.923. The maximum absolute atomic E-state index is 13.8. The van der Waals surface area contributed by atoms with Gasteiger partial charge in [0.2, 0.25) is 5.91 Å². The average molecular weight is 331 g/mol. The molecule has 2 rings (SSSR count). The van der Waals surface area contributed by atoms with Crippen LogP contribution in [0, 0.1) is 11.7 Å². The summed E-state index contributed by atoms with van der Waals surface area (Å²) in [6.45, 7) is 5.34. The minimum Gasteiger partial charge on any atom is -0.370 e. The molecule has 1 unspecified atom stereocenters. The Morgan fingerprint density at radius 2 is 2.14 bits per heavy atom. The smallest absolute Gasteiger partial charge is 0.239 e. The Balaban J connectivity index is 0.00000242. The molecule has 0 spiro atoms. The minimum absolute atomic E-state index is 0. The van der Waals surface area contributed by atoms with E-state index in [1.54, 1.807) is 23.1 Å². The van der Waals surface area contributed by atoms with Gasteiger partial charge in [-0.15, -0.1) is 12.4 Å². The molecule has 0 saturated carbocycles. The number of nitrogens with zero attached hydrogens (tertiary/aromatic N) is 1. The third-order valence-electron chi connectivity index (χ3n) is 3.67. The fourth-order valence-electron chi connectivity index (χ4n) is 2.62. The van der Waals surface area contributed by atoms with Crippen LogP contribution in [0.5, 0.6) is 0 Å². The van der Waals surface area contributed by atoms with E-state index in [2.05, 4.69) is 0 Å². The molecular formula is C16H24ClFN2O2. The highest BCUT2D eigenvalue weighted by Crippen LogP contribution is 2.25. The summed E-state index contributed by atoms with van der Waals surface area (Å²) in [4.78, 5) is 14.0. The van der Waals surface area contributed by atoms with E-state index in [1.165, 1.54) is 6.07 Å². The third kappa shape index (κ3) is 4.66. The van der Waals surface area contributed by atoms with Crippen LogP contribution in [0.15, 0.2) is 24.3 Å². The molecule has 1 aliphatic rings. The second-order valence-electron chi connectivity index (χ2n) is 5.90. The van der Waals surface area contributed by atoms with E-state index in [0.29, 0.717) is 37.6 Å². The number of rotatable bonds is 4. The van der Waals surface area contributed by atoms with Crippen LogP contribution in [-0.2, 0) is 9.53 Å². The van der Waals surface area contributed by atoms with Gasteiger partial charge in [-0.1, -0.05) is 32.0 Å². The van der Waals surface area contributed by atoms with Crippen molar-refractivity contribution in [1.82, 2.24) is 4.90 Å². The monoisotopic (exact) mass is 330 g/mol. The molecule has 0 aliphatic carbocycles. The number of carbonyl (C=O) groups excluding carboxylic acids is 1. The van der Waals surface area contributed by atoms with E-state index in [9.17, 15) is 9.18 Å². The second kappa shape index (κ2) is 8.46. The van der Waals surface area contributed by atoms with E-state index in [4.69, 9.17) is 10.5 Å². The number of carbonyl (C=O) groups is 1. The molecule has 4 nitrogen and oxygen atoms in total. The van der Waals surface area contributed by atoms with Crippen molar-refractivity contribution < 1.29 is 13.9 Å². The number of hydrogen-bond acceptors (Lipinski definition) is 3. The van der Waals surface area contributed by atoms with Crippen LogP contribution in [0.2, 0.25) is 0 Å². The summed E-state index contributed by atoms with van der Waals surface area (Å²) in [5, 5.41) is 0. The lowest BCUT2D eigenvalue weighted by atomic mass is 10.0. The van der Waals surface area contributed by atoms with Gasteiger partial charge in [0, 0.05) is 12.1 Å². The van der Waals surface area contributed by atoms with Gasteiger partial charge < -0.3 is 15.4 Å². The maximum Gasteiger partial charge on any atom is 0.239 e. The Hall–Kier alpha value is -1.17. The van der Waals surface area contributed by atoms with Crippen molar-refractivity contribution in [2.45, 2.75) is 32.4 Å². The highest BCUT2D eigenvalue weighted by atomic mass is 35.5. The predicted molar refractivity (Wildman–Crippen MR) is 86.4 cm³/mol. The zero-order chi connectivity index (χ0) is 15.4. The summed E-state index contributed by atoms with van der Waals surface area (Å²) in [6, 6.07) is 6.02. The summed E-state index contributed by atoms with van der Waals surface area (Å²) in [7, 11) is 0. The molecule has 2 atom stereocenters. The minimum atomic E-state index is -0.496. The molecule has 6 heteroatoms. The van der Waals surface area contributed by atoms with Crippen molar-refractivity contribution >= 4 is 18.3 Å². The number of hydrogen-bond donors (Lipinski definition) is 1. The molecular weight excluding hydrogens is 307 g/mol. The first-order chi connectivity index (χ1) is 9.99. The maximum atomic E-state index is 13.8. The molecule has 1 aliphatic heterocycles. The largest absolute Gasteiger partial charge is 0.370 e. The van der Waals surface area contributed by atoms with E-state index < -0.39 is 12.1 Å². The number of ether oxygens (including phenoxy) is 1. The van der Waals surface area contributed by atoms with Crippen LogP contribution in [0.3, 0.4) is 0 Å². The first-order valence-corrected chi connectivity index (χ1v) is 7.39. The first-order valence-electron chi connectivity index (χ1n) is 7.39. The normalized spacial score (nSPS) is 19.7. The Morgan fingerprint density at radius 3 is 2.77 bits per heavy atom. The highest BCUT2D eigenvalue weighted by molar-refractivity contribution is 5.85. The lowest BCUT2D eigenvalue weighted by Crippen LogP contribution is -2.49. The standard InChI is InChI=1S/C16H23FN2O2.ClH/c1-11(2)9-14(18)16(20)19-7-8-21-15(10-19)12-5-3-4-6-13(12)17;/h3-6,11,14-15H,7-10,18H2,1-2H3;1H/t14-,15?;/m0./s1. The van der Waals surface area contributed by atoms with Crippen molar-refractivity contribution in [3.63, 3.8) is 0 Å². The van der Waals surface area contributed by atoms with Crippen LogP contribution < -0.4 is 5.73 Å². The Morgan fingerprint density at radius 1 is 1.45 bits per heavy atom. The summed E-state index contributed by atoms with van der Waals surface area (Å²) in [5.41, 5.74) is 6.45. The van der Waals surface area contributed by atoms with Gasteiger partial charge in [0.1, 0.15) is 11.9 Å². The number of morpholine rings is 1. The van der Waals surface area contributed by atoms with Crippen molar-refractivity contribution in [1.29, 1.82) is 0 Å². The SMILES string of the molecule is CC(C)C[C@H](N)C(=O)N1CCOC(c2ccccc2F)C1.Cl. The van der Waals surface area contributed by atoms with E-state index in [1.807, 2.05) is 13.8 Å². The number of nitrogens with two attached hydrogens (primary N) is 1. The van der Waals surface area contributed by atoms with Crippen LogP contribution in [0.4, 0.5) is 4.39 Å². The van der Waals surface area contributed by atoms with E-state index in [-0.39, 0.29) is 24.1 Å².